The van der Waals surface area contributed by atoms with Crippen LogP contribution in [-0.2, 0) is 4.79 Å². The first-order chi connectivity index (χ1) is 7.43. The Labute approximate surface area is 90.9 Å². The molecule has 0 saturated carbocycles. The number of benzene rings is 1. The van der Waals surface area contributed by atoms with E-state index < -0.39 is 23.3 Å². The van der Waals surface area contributed by atoms with Crippen LogP contribution in [0.2, 0.25) is 0 Å². The number of hydrogen-bond donors (Lipinski definition) is 5. The molecular formula is C9H12N2O5. The number of carboxylic acids is 1. The second-order valence-electron chi connectivity index (χ2n) is 3.24. The Kier molecular flexibility index (Phi) is 3.93. The maximum absolute atomic E-state index is 10.5. The van der Waals surface area contributed by atoms with Crippen molar-refractivity contribution in [2.45, 2.75) is 12.1 Å². The molecule has 6 N–H and O–H groups in total. The van der Waals surface area contributed by atoms with E-state index in [0.29, 0.717) is 0 Å². The van der Waals surface area contributed by atoms with Gasteiger partial charge >= 0.3 is 5.97 Å². The molecule has 3 atom stereocenters. The highest BCUT2D eigenvalue weighted by Crippen LogP contribution is 2.17. The summed E-state index contributed by atoms with van der Waals surface area (Å²) in [4.78, 5) is 10.5. The lowest BCUT2D eigenvalue weighted by Gasteiger charge is -2.16. The SMILES string of the molecule is N[C@H](C(=O)O)[C@H](O)c1ccc([NH+]([O-])O)cc1. The van der Waals surface area contributed by atoms with E-state index in [4.69, 9.17) is 16.0 Å². The van der Waals surface area contributed by atoms with Gasteiger partial charge in [0.25, 0.3) is 0 Å². The van der Waals surface area contributed by atoms with E-state index in [0.717, 1.165) is 0 Å². The topological polar surface area (TPSA) is 131 Å². The minimum Gasteiger partial charge on any atom is -0.595 e. The summed E-state index contributed by atoms with van der Waals surface area (Å²) in [6.07, 6.45) is -1.36. The van der Waals surface area contributed by atoms with Crippen LogP contribution in [0.1, 0.15) is 11.7 Å². The first-order valence-electron chi connectivity index (χ1n) is 4.43. The Hall–Kier alpha value is -1.51. The monoisotopic (exact) mass is 228 g/mol. The molecule has 0 aliphatic rings. The summed E-state index contributed by atoms with van der Waals surface area (Å²) in [6, 6.07) is 3.77. The molecule has 0 amide bonds. The molecule has 0 heterocycles. The summed E-state index contributed by atoms with van der Waals surface area (Å²) in [5, 5.41) is 36.2. The van der Waals surface area contributed by atoms with Crippen molar-refractivity contribution in [1.29, 1.82) is 0 Å². The zero-order chi connectivity index (χ0) is 12.3. The van der Waals surface area contributed by atoms with Crippen molar-refractivity contribution in [2.75, 3.05) is 0 Å². The van der Waals surface area contributed by atoms with Gasteiger partial charge in [0.15, 0.2) is 5.69 Å². The summed E-state index contributed by atoms with van der Waals surface area (Å²) in [7, 11) is 0. The van der Waals surface area contributed by atoms with Crippen LogP contribution in [0.25, 0.3) is 0 Å². The number of carboxylic acid groups (broad SMARTS) is 1. The molecule has 1 aromatic carbocycles. The van der Waals surface area contributed by atoms with Crippen molar-refractivity contribution in [1.82, 2.24) is 0 Å². The summed E-state index contributed by atoms with van der Waals surface area (Å²) < 4.78 is 0. The van der Waals surface area contributed by atoms with Gasteiger partial charge in [0.1, 0.15) is 12.1 Å². The number of aliphatic hydroxyl groups is 1. The number of carbonyl (C=O) groups is 1. The lowest BCUT2D eigenvalue weighted by molar-refractivity contribution is -0.991. The first-order valence-corrected chi connectivity index (χ1v) is 4.43. The minimum absolute atomic E-state index is 0.0554. The Morgan fingerprint density at radius 1 is 1.38 bits per heavy atom. The molecule has 7 heteroatoms. The van der Waals surface area contributed by atoms with Gasteiger partial charge in [0.2, 0.25) is 0 Å². The van der Waals surface area contributed by atoms with Gasteiger partial charge in [-0.1, -0.05) is 12.1 Å². The summed E-state index contributed by atoms with van der Waals surface area (Å²) in [6.45, 7) is 0. The maximum atomic E-state index is 10.5. The van der Waals surface area contributed by atoms with Crippen LogP contribution in [0, 0.1) is 5.21 Å². The predicted molar refractivity (Wildman–Crippen MR) is 52.8 cm³/mol. The van der Waals surface area contributed by atoms with Gasteiger partial charge in [-0.2, -0.15) is 5.23 Å². The van der Waals surface area contributed by atoms with Gasteiger partial charge < -0.3 is 21.2 Å². The number of rotatable bonds is 4. The number of nitrogens with two attached hydrogens (primary N) is 1. The van der Waals surface area contributed by atoms with E-state index in [2.05, 4.69) is 0 Å². The van der Waals surface area contributed by atoms with E-state index in [9.17, 15) is 15.1 Å². The number of aliphatic carboxylic acids is 1. The highest BCUT2D eigenvalue weighted by atomic mass is 16.8. The molecule has 88 valence electrons. The zero-order valence-electron chi connectivity index (χ0n) is 8.20. The summed E-state index contributed by atoms with van der Waals surface area (Å²) in [5.74, 6) is -1.32. The fourth-order valence-electron chi connectivity index (χ4n) is 1.17. The highest BCUT2D eigenvalue weighted by molar-refractivity contribution is 5.74. The van der Waals surface area contributed by atoms with Crippen molar-refractivity contribution < 1.29 is 25.4 Å². The average molecular weight is 228 g/mol. The number of aliphatic hydroxyl groups excluding tert-OH is 1. The molecule has 0 fully saturated rings. The van der Waals surface area contributed by atoms with Crippen molar-refractivity contribution in [3.05, 3.63) is 35.0 Å². The van der Waals surface area contributed by atoms with E-state index in [-0.39, 0.29) is 11.3 Å². The summed E-state index contributed by atoms with van der Waals surface area (Å²) in [5.41, 5.74) is 5.54. The van der Waals surface area contributed by atoms with Crippen LogP contribution >= 0.6 is 0 Å². The third-order valence-electron chi connectivity index (χ3n) is 2.12. The lowest BCUT2D eigenvalue weighted by Crippen LogP contribution is -2.99. The van der Waals surface area contributed by atoms with Gasteiger partial charge in [-0.05, 0) is 5.56 Å². The van der Waals surface area contributed by atoms with Crippen molar-refractivity contribution in [2.24, 2.45) is 5.73 Å². The average Bonchev–Trinajstić information content (AvgIpc) is 2.27. The predicted octanol–water partition coefficient (Wildman–Crippen LogP) is -1.46. The Morgan fingerprint density at radius 2 is 1.88 bits per heavy atom. The summed E-state index contributed by atoms with van der Waals surface area (Å²) >= 11 is 0. The van der Waals surface area contributed by atoms with E-state index >= 15 is 0 Å². The third kappa shape index (κ3) is 2.75. The Balaban J connectivity index is 2.85. The molecule has 0 spiro atoms. The number of nitrogens with one attached hydrogen (secondary N) is 1. The van der Waals surface area contributed by atoms with Crippen LogP contribution in [0.15, 0.2) is 24.3 Å². The molecule has 0 aliphatic carbocycles. The zero-order valence-corrected chi connectivity index (χ0v) is 8.20. The second-order valence-corrected chi connectivity index (χ2v) is 3.24. The molecule has 0 aliphatic heterocycles. The first kappa shape index (κ1) is 12.6. The van der Waals surface area contributed by atoms with Crippen LogP contribution in [-0.4, -0.2) is 27.4 Å². The van der Waals surface area contributed by atoms with Crippen LogP contribution in [0.5, 0.6) is 0 Å². The molecule has 1 aromatic rings. The molecule has 0 saturated heterocycles. The molecule has 0 radical (unpaired) electrons. The quantitative estimate of drug-likeness (QED) is 0.400. The Bertz CT molecular complexity index is 365. The minimum atomic E-state index is -1.43. The maximum Gasteiger partial charge on any atom is 0.323 e. The molecule has 0 bridgehead atoms. The smallest absolute Gasteiger partial charge is 0.323 e. The van der Waals surface area contributed by atoms with Crippen molar-refractivity contribution in [3.63, 3.8) is 0 Å². The molecule has 1 rings (SSSR count). The van der Waals surface area contributed by atoms with Crippen LogP contribution in [0.3, 0.4) is 0 Å². The van der Waals surface area contributed by atoms with E-state index in [1.165, 1.54) is 24.3 Å². The molecule has 16 heavy (non-hydrogen) atoms. The highest BCUT2D eigenvalue weighted by Gasteiger charge is 2.23. The second kappa shape index (κ2) is 5.01. The van der Waals surface area contributed by atoms with Crippen molar-refractivity contribution >= 4 is 11.7 Å². The lowest BCUT2D eigenvalue weighted by atomic mass is 10.0. The standard InChI is InChI=1S/C9H12N2O5/c10-7(9(13)14)8(12)5-1-3-6(4-2-5)11(15)16/h1-4,7-8,11-12,15H,10H2,(H,13,14)/t7-,8+/m0/s1. The number of hydrogen-bond acceptors (Lipinski definition) is 5. The third-order valence-corrected chi connectivity index (χ3v) is 2.12. The van der Waals surface area contributed by atoms with Gasteiger partial charge in [-0.15, -0.1) is 0 Å². The molecule has 0 aromatic heterocycles. The van der Waals surface area contributed by atoms with Gasteiger partial charge in [-0.3, -0.25) is 4.79 Å². The molecular weight excluding hydrogens is 216 g/mol. The Morgan fingerprint density at radius 3 is 2.25 bits per heavy atom. The largest absolute Gasteiger partial charge is 0.595 e. The molecule has 1 unspecified atom stereocenters. The van der Waals surface area contributed by atoms with Gasteiger partial charge in [0, 0.05) is 12.1 Å². The number of quaternary nitrogens is 1. The normalized spacial score (nSPS) is 16.5. The van der Waals surface area contributed by atoms with Gasteiger partial charge in [0.05, 0.1) is 0 Å². The van der Waals surface area contributed by atoms with E-state index in [1.807, 2.05) is 0 Å². The fraction of sp³-hybridized carbons (Fsp3) is 0.222. The van der Waals surface area contributed by atoms with Crippen molar-refractivity contribution in [3.8, 4) is 0 Å². The molecule has 7 nitrogen and oxygen atoms in total. The van der Waals surface area contributed by atoms with Crippen LogP contribution in [0.4, 0.5) is 5.69 Å². The van der Waals surface area contributed by atoms with Crippen LogP contribution < -0.4 is 11.0 Å². The fourth-order valence-corrected chi connectivity index (χ4v) is 1.17. The van der Waals surface area contributed by atoms with E-state index in [1.54, 1.807) is 0 Å². The van der Waals surface area contributed by atoms with Gasteiger partial charge in [-0.25, -0.2) is 5.21 Å².